The standard InChI is InChI=1S/C14H11NO3/c1-10-13(3-2-4-14(10)15(17)18)12-7-5-11(9-16)6-8-12/h2-9H,1H3. The van der Waals surface area contributed by atoms with E-state index in [1.807, 2.05) is 6.07 Å². The van der Waals surface area contributed by atoms with Crippen molar-refractivity contribution in [1.82, 2.24) is 0 Å². The van der Waals surface area contributed by atoms with Crippen LogP contribution in [0.2, 0.25) is 0 Å². The average Bonchev–Trinajstić information content (AvgIpc) is 2.39. The molecule has 90 valence electrons. The van der Waals surface area contributed by atoms with Crippen LogP contribution in [0.4, 0.5) is 5.69 Å². The minimum atomic E-state index is -0.390. The van der Waals surface area contributed by atoms with Gasteiger partial charge in [0.05, 0.1) is 4.92 Å². The molecule has 2 aromatic carbocycles. The van der Waals surface area contributed by atoms with Crippen LogP contribution in [-0.2, 0) is 0 Å². The molecule has 2 rings (SSSR count). The second-order valence-electron chi connectivity index (χ2n) is 3.95. The summed E-state index contributed by atoms with van der Waals surface area (Å²) in [4.78, 5) is 21.1. The number of hydrogen-bond donors (Lipinski definition) is 0. The van der Waals surface area contributed by atoms with Crippen LogP contribution in [0, 0.1) is 17.0 Å². The third-order valence-electron chi connectivity index (χ3n) is 2.86. The first-order valence-electron chi connectivity index (χ1n) is 5.43. The summed E-state index contributed by atoms with van der Waals surface area (Å²) in [6, 6.07) is 11.9. The van der Waals surface area contributed by atoms with E-state index in [1.165, 1.54) is 6.07 Å². The molecular formula is C14H11NO3. The molecule has 0 amide bonds. The molecule has 0 unspecified atom stereocenters. The average molecular weight is 241 g/mol. The second-order valence-corrected chi connectivity index (χ2v) is 3.95. The van der Waals surface area contributed by atoms with E-state index in [0.717, 1.165) is 17.4 Å². The molecule has 0 aliphatic rings. The Bertz CT molecular complexity index is 603. The summed E-state index contributed by atoms with van der Waals surface area (Å²) in [5.41, 5.74) is 2.98. The summed E-state index contributed by atoms with van der Waals surface area (Å²) in [5, 5.41) is 10.9. The summed E-state index contributed by atoms with van der Waals surface area (Å²) in [6.45, 7) is 1.72. The highest BCUT2D eigenvalue weighted by atomic mass is 16.6. The highest BCUT2D eigenvalue weighted by molar-refractivity contribution is 5.78. The predicted molar refractivity (Wildman–Crippen MR) is 68.7 cm³/mol. The molecule has 0 aromatic heterocycles. The SMILES string of the molecule is Cc1c(-c2ccc(C=O)cc2)cccc1[N+](=O)[O-]. The largest absolute Gasteiger partial charge is 0.298 e. The molecule has 0 saturated heterocycles. The lowest BCUT2D eigenvalue weighted by Gasteiger charge is -2.06. The number of aldehydes is 1. The van der Waals surface area contributed by atoms with Gasteiger partial charge in [0.15, 0.2) is 0 Å². The second kappa shape index (κ2) is 4.79. The molecule has 0 aliphatic heterocycles. The van der Waals surface area contributed by atoms with Crippen molar-refractivity contribution in [1.29, 1.82) is 0 Å². The summed E-state index contributed by atoms with van der Waals surface area (Å²) in [5.74, 6) is 0. The third kappa shape index (κ3) is 2.13. The maximum atomic E-state index is 10.9. The molecule has 0 heterocycles. The zero-order valence-electron chi connectivity index (χ0n) is 9.79. The molecule has 18 heavy (non-hydrogen) atoms. The number of benzene rings is 2. The number of nitro groups is 1. The molecule has 0 spiro atoms. The Morgan fingerprint density at radius 3 is 2.33 bits per heavy atom. The molecule has 0 radical (unpaired) electrons. The van der Waals surface area contributed by atoms with Crippen molar-refractivity contribution in [2.24, 2.45) is 0 Å². The Hall–Kier alpha value is -2.49. The maximum absolute atomic E-state index is 10.9. The van der Waals surface area contributed by atoms with Crippen molar-refractivity contribution in [2.45, 2.75) is 6.92 Å². The van der Waals surface area contributed by atoms with Gasteiger partial charge in [-0.2, -0.15) is 0 Å². The van der Waals surface area contributed by atoms with E-state index in [0.29, 0.717) is 11.1 Å². The van der Waals surface area contributed by atoms with Gasteiger partial charge in [0.2, 0.25) is 0 Å². The minimum absolute atomic E-state index is 0.104. The van der Waals surface area contributed by atoms with Crippen molar-refractivity contribution in [3.8, 4) is 11.1 Å². The number of carbonyl (C=O) groups excluding carboxylic acids is 1. The van der Waals surface area contributed by atoms with Crippen molar-refractivity contribution < 1.29 is 9.72 Å². The molecule has 0 N–H and O–H groups in total. The quantitative estimate of drug-likeness (QED) is 0.470. The molecule has 0 atom stereocenters. The number of nitro benzene ring substituents is 1. The van der Waals surface area contributed by atoms with Crippen molar-refractivity contribution >= 4 is 12.0 Å². The zero-order chi connectivity index (χ0) is 13.1. The summed E-state index contributed by atoms with van der Waals surface area (Å²) >= 11 is 0. The van der Waals surface area contributed by atoms with E-state index in [1.54, 1.807) is 37.3 Å². The van der Waals surface area contributed by atoms with Crippen LogP contribution in [0.5, 0.6) is 0 Å². The first-order valence-corrected chi connectivity index (χ1v) is 5.43. The van der Waals surface area contributed by atoms with Gasteiger partial charge in [-0.3, -0.25) is 14.9 Å². The molecule has 0 bridgehead atoms. The fourth-order valence-electron chi connectivity index (χ4n) is 1.88. The van der Waals surface area contributed by atoms with Gasteiger partial charge >= 0.3 is 0 Å². The molecule has 4 heteroatoms. The lowest BCUT2D eigenvalue weighted by molar-refractivity contribution is -0.385. The van der Waals surface area contributed by atoms with Crippen molar-refractivity contribution in [3.63, 3.8) is 0 Å². The zero-order valence-corrected chi connectivity index (χ0v) is 9.79. The predicted octanol–water partition coefficient (Wildman–Crippen LogP) is 3.38. The topological polar surface area (TPSA) is 60.2 Å². The first kappa shape index (κ1) is 12.0. The van der Waals surface area contributed by atoms with Crippen LogP contribution < -0.4 is 0 Å². The highest BCUT2D eigenvalue weighted by Gasteiger charge is 2.13. The van der Waals surface area contributed by atoms with Gasteiger partial charge < -0.3 is 0 Å². The Morgan fingerprint density at radius 1 is 1.11 bits per heavy atom. The minimum Gasteiger partial charge on any atom is -0.298 e. The smallest absolute Gasteiger partial charge is 0.272 e. The number of nitrogens with zero attached hydrogens (tertiary/aromatic N) is 1. The molecule has 0 aliphatic carbocycles. The van der Waals surface area contributed by atoms with Crippen LogP contribution in [0.3, 0.4) is 0 Å². The van der Waals surface area contributed by atoms with Crippen LogP contribution in [0.1, 0.15) is 15.9 Å². The highest BCUT2D eigenvalue weighted by Crippen LogP contribution is 2.29. The lowest BCUT2D eigenvalue weighted by atomic mass is 9.98. The van der Waals surface area contributed by atoms with E-state index >= 15 is 0 Å². The monoisotopic (exact) mass is 241 g/mol. The number of carbonyl (C=O) groups is 1. The van der Waals surface area contributed by atoms with Crippen LogP contribution in [0.25, 0.3) is 11.1 Å². The molecule has 2 aromatic rings. The van der Waals surface area contributed by atoms with Gasteiger partial charge in [0.1, 0.15) is 6.29 Å². The van der Waals surface area contributed by atoms with Gasteiger partial charge in [0, 0.05) is 17.2 Å². The lowest BCUT2D eigenvalue weighted by Crippen LogP contribution is -1.93. The van der Waals surface area contributed by atoms with Gasteiger partial charge in [-0.1, -0.05) is 36.4 Å². The van der Waals surface area contributed by atoms with E-state index < -0.39 is 4.92 Å². The number of hydrogen-bond acceptors (Lipinski definition) is 3. The van der Waals surface area contributed by atoms with E-state index in [9.17, 15) is 14.9 Å². The molecule has 0 saturated carbocycles. The molecule has 0 fully saturated rings. The third-order valence-corrected chi connectivity index (χ3v) is 2.86. The Balaban J connectivity index is 2.53. The normalized spacial score (nSPS) is 10.1. The van der Waals surface area contributed by atoms with Crippen LogP contribution >= 0.6 is 0 Å². The molecular weight excluding hydrogens is 230 g/mol. The Labute approximate surface area is 104 Å². The number of rotatable bonds is 3. The molecule has 4 nitrogen and oxygen atoms in total. The van der Waals surface area contributed by atoms with Gasteiger partial charge in [-0.15, -0.1) is 0 Å². The fraction of sp³-hybridized carbons (Fsp3) is 0.0714. The van der Waals surface area contributed by atoms with Gasteiger partial charge in [0.25, 0.3) is 5.69 Å². The fourth-order valence-corrected chi connectivity index (χ4v) is 1.88. The van der Waals surface area contributed by atoms with Crippen molar-refractivity contribution in [3.05, 3.63) is 63.7 Å². The van der Waals surface area contributed by atoms with Crippen LogP contribution in [0.15, 0.2) is 42.5 Å². The van der Waals surface area contributed by atoms with E-state index in [4.69, 9.17) is 0 Å². The van der Waals surface area contributed by atoms with Gasteiger partial charge in [-0.05, 0) is 18.1 Å². The first-order chi connectivity index (χ1) is 8.63. The van der Waals surface area contributed by atoms with E-state index in [2.05, 4.69) is 0 Å². The van der Waals surface area contributed by atoms with Crippen molar-refractivity contribution in [2.75, 3.05) is 0 Å². The van der Waals surface area contributed by atoms with E-state index in [-0.39, 0.29) is 5.69 Å². The summed E-state index contributed by atoms with van der Waals surface area (Å²) < 4.78 is 0. The Kier molecular flexibility index (Phi) is 3.19. The maximum Gasteiger partial charge on any atom is 0.272 e. The van der Waals surface area contributed by atoms with Crippen LogP contribution in [-0.4, -0.2) is 11.2 Å². The summed E-state index contributed by atoms with van der Waals surface area (Å²) in [6.07, 6.45) is 0.768. The summed E-state index contributed by atoms with van der Waals surface area (Å²) in [7, 11) is 0. The van der Waals surface area contributed by atoms with Gasteiger partial charge in [-0.25, -0.2) is 0 Å². The Morgan fingerprint density at radius 2 is 1.78 bits per heavy atom.